The fraction of sp³-hybridized carbons (Fsp3) is 0.100. The lowest BCUT2D eigenvalue weighted by Crippen LogP contribution is -2.05. The Kier molecular flexibility index (Phi) is 2.78. The number of para-hydroxylation sites is 1. The Balaban J connectivity index is 2.02. The molecule has 2 N–H and O–H groups in total. The summed E-state index contributed by atoms with van der Waals surface area (Å²) in [5.41, 5.74) is 6.12. The van der Waals surface area contributed by atoms with Crippen molar-refractivity contribution in [3.8, 4) is 5.75 Å². The largest absolute Gasteiger partial charge is 0.470 e. The maximum absolute atomic E-state index is 5.92. The average molecular weight is 224 g/mol. The van der Waals surface area contributed by atoms with Crippen LogP contribution in [0.2, 0.25) is 5.02 Å². The van der Waals surface area contributed by atoms with E-state index in [0.717, 1.165) is 0 Å². The van der Waals surface area contributed by atoms with Crippen LogP contribution in [0.15, 0.2) is 36.7 Å². The van der Waals surface area contributed by atoms with Crippen LogP contribution in [0.3, 0.4) is 0 Å². The van der Waals surface area contributed by atoms with E-state index in [9.17, 15) is 0 Å². The second-order valence-corrected chi connectivity index (χ2v) is 3.42. The summed E-state index contributed by atoms with van der Waals surface area (Å²) < 4.78 is 7.05. The van der Waals surface area contributed by atoms with Crippen LogP contribution in [0.25, 0.3) is 0 Å². The minimum Gasteiger partial charge on any atom is -0.470 e. The minimum atomic E-state index is 0.293. The summed E-state index contributed by atoms with van der Waals surface area (Å²) in [6.45, 7) is 0.293. The second kappa shape index (κ2) is 4.23. The van der Waals surface area contributed by atoms with Crippen LogP contribution in [0.5, 0.6) is 5.75 Å². The summed E-state index contributed by atoms with van der Waals surface area (Å²) >= 11 is 5.92. The molecular formula is C10H10ClN3O. The molecule has 0 radical (unpaired) electrons. The average Bonchev–Trinajstić information content (AvgIpc) is 2.63. The van der Waals surface area contributed by atoms with Crippen molar-refractivity contribution in [2.45, 2.75) is 6.73 Å². The van der Waals surface area contributed by atoms with Gasteiger partial charge in [-0.15, -0.1) is 0 Å². The number of halogens is 1. The van der Waals surface area contributed by atoms with Gasteiger partial charge in [-0.25, -0.2) is 4.68 Å². The number of anilines is 1. The van der Waals surface area contributed by atoms with Gasteiger partial charge in [-0.1, -0.05) is 23.7 Å². The molecule has 0 saturated carbocycles. The van der Waals surface area contributed by atoms with E-state index in [2.05, 4.69) is 5.10 Å². The molecule has 0 spiro atoms. The van der Waals surface area contributed by atoms with Gasteiger partial charge < -0.3 is 10.5 Å². The lowest BCUT2D eigenvalue weighted by atomic mass is 10.3. The Bertz CT molecular complexity index is 455. The van der Waals surface area contributed by atoms with Gasteiger partial charge in [-0.2, -0.15) is 5.10 Å². The fourth-order valence-corrected chi connectivity index (χ4v) is 1.34. The van der Waals surface area contributed by atoms with Gasteiger partial charge in [0.15, 0.2) is 6.73 Å². The Morgan fingerprint density at radius 3 is 2.87 bits per heavy atom. The Morgan fingerprint density at radius 2 is 2.20 bits per heavy atom. The fourth-order valence-electron chi connectivity index (χ4n) is 1.15. The third kappa shape index (κ3) is 2.41. The van der Waals surface area contributed by atoms with Gasteiger partial charge in [0.05, 0.1) is 23.1 Å². The van der Waals surface area contributed by atoms with Crippen LogP contribution < -0.4 is 10.5 Å². The number of hydrogen-bond donors (Lipinski definition) is 1. The summed E-state index contributed by atoms with van der Waals surface area (Å²) in [5, 5.41) is 4.57. The highest BCUT2D eigenvalue weighted by Crippen LogP contribution is 2.23. The van der Waals surface area contributed by atoms with Crippen molar-refractivity contribution in [2.75, 3.05) is 5.73 Å². The number of hydrogen-bond acceptors (Lipinski definition) is 3. The summed E-state index contributed by atoms with van der Waals surface area (Å²) in [5.74, 6) is 0.633. The van der Waals surface area contributed by atoms with E-state index in [1.165, 1.54) is 0 Å². The van der Waals surface area contributed by atoms with E-state index in [0.29, 0.717) is 23.2 Å². The molecule has 0 saturated heterocycles. The maximum Gasteiger partial charge on any atom is 0.181 e. The van der Waals surface area contributed by atoms with Gasteiger partial charge in [0.25, 0.3) is 0 Å². The molecule has 0 amide bonds. The van der Waals surface area contributed by atoms with Crippen molar-refractivity contribution < 1.29 is 4.74 Å². The molecule has 4 nitrogen and oxygen atoms in total. The SMILES string of the molecule is Nc1cnn(COc2ccccc2Cl)c1. The first kappa shape index (κ1) is 9.86. The van der Waals surface area contributed by atoms with Gasteiger partial charge >= 0.3 is 0 Å². The van der Waals surface area contributed by atoms with Crippen LogP contribution in [0.4, 0.5) is 5.69 Å². The minimum absolute atomic E-state index is 0.293. The molecule has 0 aliphatic heterocycles. The van der Waals surface area contributed by atoms with Crippen LogP contribution in [-0.2, 0) is 6.73 Å². The molecule has 78 valence electrons. The Labute approximate surface area is 92.2 Å². The first-order valence-electron chi connectivity index (χ1n) is 4.41. The van der Waals surface area contributed by atoms with Crippen molar-refractivity contribution in [3.05, 3.63) is 41.7 Å². The monoisotopic (exact) mass is 223 g/mol. The normalized spacial score (nSPS) is 10.2. The number of nitrogen functional groups attached to an aromatic ring is 1. The molecule has 0 fully saturated rings. The molecule has 0 aliphatic carbocycles. The zero-order chi connectivity index (χ0) is 10.7. The standard InChI is InChI=1S/C10H10ClN3O/c11-9-3-1-2-4-10(9)15-7-14-6-8(12)5-13-14/h1-6H,7,12H2. The highest BCUT2D eigenvalue weighted by atomic mass is 35.5. The summed E-state index contributed by atoms with van der Waals surface area (Å²) in [4.78, 5) is 0. The Hall–Kier alpha value is -1.68. The van der Waals surface area contributed by atoms with Crippen molar-refractivity contribution in [2.24, 2.45) is 0 Å². The van der Waals surface area contributed by atoms with Gasteiger partial charge in [-0.05, 0) is 12.1 Å². The second-order valence-electron chi connectivity index (χ2n) is 3.02. The number of rotatable bonds is 3. The van der Waals surface area contributed by atoms with Crippen LogP contribution in [0, 0.1) is 0 Å². The molecule has 0 atom stereocenters. The van der Waals surface area contributed by atoms with Crippen molar-refractivity contribution in [3.63, 3.8) is 0 Å². The molecule has 5 heteroatoms. The summed E-state index contributed by atoms with van der Waals surface area (Å²) in [7, 11) is 0. The summed E-state index contributed by atoms with van der Waals surface area (Å²) in [6.07, 6.45) is 3.26. The van der Waals surface area contributed by atoms with Crippen molar-refractivity contribution in [1.82, 2.24) is 9.78 Å². The molecule has 15 heavy (non-hydrogen) atoms. The highest BCUT2D eigenvalue weighted by Gasteiger charge is 2.00. The maximum atomic E-state index is 5.92. The highest BCUT2D eigenvalue weighted by molar-refractivity contribution is 6.32. The Morgan fingerprint density at radius 1 is 1.40 bits per heavy atom. The van der Waals surface area contributed by atoms with Crippen LogP contribution in [0.1, 0.15) is 0 Å². The van der Waals surface area contributed by atoms with E-state index >= 15 is 0 Å². The number of aromatic nitrogens is 2. The van der Waals surface area contributed by atoms with Gasteiger partial charge in [0.2, 0.25) is 0 Å². The first-order chi connectivity index (χ1) is 7.25. The van der Waals surface area contributed by atoms with E-state index < -0.39 is 0 Å². The molecule has 2 rings (SSSR count). The molecule has 1 aromatic carbocycles. The number of benzene rings is 1. The molecule has 2 aromatic rings. The van der Waals surface area contributed by atoms with E-state index in [1.807, 2.05) is 12.1 Å². The predicted molar refractivity (Wildman–Crippen MR) is 58.7 cm³/mol. The predicted octanol–water partition coefficient (Wildman–Crippen LogP) is 2.16. The van der Waals surface area contributed by atoms with E-state index in [-0.39, 0.29) is 0 Å². The summed E-state index contributed by atoms with van der Waals surface area (Å²) in [6, 6.07) is 7.28. The quantitative estimate of drug-likeness (QED) is 0.868. The molecule has 0 bridgehead atoms. The lowest BCUT2D eigenvalue weighted by Gasteiger charge is -2.06. The van der Waals surface area contributed by atoms with Crippen molar-refractivity contribution >= 4 is 17.3 Å². The molecule has 1 aromatic heterocycles. The first-order valence-corrected chi connectivity index (χ1v) is 4.79. The number of ether oxygens (including phenoxy) is 1. The number of nitrogens with zero attached hydrogens (tertiary/aromatic N) is 2. The van der Waals surface area contributed by atoms with Crippen molar-refractivity contribution in [1.29, 1.82) is 0 Å². The third-order valence-electron chi connectivity index (χ3n) is 1.84. The van der Waals surface area contributed by atoms with Gasteiger partial charge in [-0.3, -0.25) is 0 Å². The van der Waals surface area contributed by atoms with Crippen LogP contribution in [-0.4, -0.2) is 9.78 Å². The van der Waals surface area contributed by atoms with E-state index in [1.54, 1.807) is 29.2 Å². The van der Waals surface area contributed by atoms with Gasteiger partial charge in [0, 0.05) is 0 Å². The molecule has 0 aliphatic rings. The molecule has 1 heterocycles. The topological polar surface area (TPSA) is 53.1 Å². The zero-order valence-electron chi connectivity index (χ0n) is 7.93. The molecule has 0 unspecified atom stereocenters. The van der Waals surface area contributed by atoms with E-state index in [4.69, 9.17) is 22.1 Å². The molecular weight excluding hydrogens is 214 g/mol. The van der Waals surface area contributed by atoms with Crippen LogP contribution >= 0.6 is 11.6 Å². The lowest BCUT2D eigenvalue weighted by molar-refractivity contribution is 0.221. The third-order valence-corrected chi connectivity index (χ3v) is 2.15. The smallest absolute Gasteiger partial charge is 0.181 e. The number of nitrogens with two attached hydrogens (primary N) is 1. The zero-order valence-corrected chi connectivity index (χ0v) is 8.69. The van der Waals surface area contributed by atoms with Gasteiger partial charge in [0.1, 0.15) is 5.75 Å².